The minimum absolute atomic E-state index is 0.241. The number of fused-ring (bicyclic) bond motifs is 17. The normalized spacial score (nSPS) is 19.5. The molecule has 57 heavy (non-hydrogen) atoms. The zero-order chi connectivity index (χ0) is 37.2. The van der Waals surface area contributed by atoms with Crippen LogP contribution in [0.15, 0.2) is 182 Å². The van der Waals surface area contributed by atoms with Crippen molar-refractivity contribution in [3.63, 3.8) is 0 Å². The molecule has 3 unspecified atom stereocenters. The Kier molecular flexibility index (Phi) is 6.24. The lowest BCUT2D eigenvalue weighted by Crippen LogP contribution is -2.33. The quantitative estimate of drug-likeness (QED) is 0.197. The lowest BCUT2D eigenvalue weighted by atomic mass is 9.66. The maximum atomic E-state index is 5.23. The number of benzene rings is 6. The third-order valence-electron chi connectivity index (χ3n) is 13.3. The van der Waals surface area contributed by atoms with Crippen LogP contribution in [0.4, 0.5) is 5.69 Å². The fourth-order valence-electron chi connectivity index (χ4n) is 11.0. The standard InChI is InChI=1S/C53H36N4/c1-5-16-43-37(11-1)40-15-9-32-55-52(40)53(43)44-17-6-2-13-41(44)49-45(53)30-29-39-38-12-3-7-18-46(38)57(51(39)49)36-27-23-34(24-28-36)33-21-25-35(26-22-33)56-47-19-8-4-14-42(47)50-48(56)20-10-31-54-50/h1-30,32,37,43,54H,31H2. The Hall–Kier alpha value is -7.17. The first-order valence-electron chi connectivity index (χ1n) is 20.0. The fourth-order valence-corrected chi connectivity index (χ4v) is 11.0. The third kappa shape index (κ3) is 3.99. The van der Waals surface area contributed by atoms with Gasteiger partial charge in [-0.1, -0.05) is 134 Å². The molecule has 4 heterocycles. The molecule has 4 heteroatoms. The smallest absolute Gasteiger partial charge is 0.0711 e. The Labute approximate surface area is 330 Å². The third-order valence-corrected chi connectivity index (χ3v) is 13.3. The molecule has 1 N–H and O–H groups in total. The van der Waals surface area contributed by atoms with Crippen molar-refractivity contribution in [1.29, 1.82) is 0 Å². The minimum atomic E-state index is -0.376. The van der Waals surface area contributed by atoms with Gasteiger partial charge in [-0.05, 0) is 81.9 Å². The van der Waals surface area contributed by atoms with Crippen LogP contribution < -0.4 is 5.32 Å². The molecule has 1 aliphatic heterocycles. The highest BCUT2D eigenvalue weighted by Crippen LogP contribution is 2.65. The van der Waals surface area contributed by atoms with Crippen LogP contribution in [0, 0.1) is 5.92 Å². The fraction of sp³-hybridized carbons (Fsp3) is 0.0755. The van der Waals surface area contributed by atoms with E-state index in [1.54, 1.807) is 0 Å². The summed E-state index contributed by atoms with van der Waals surface area (Å²) in [5, 5.41) is 7.39. The number of allylic oxidation sites excluding steroid dienone is 4. The van der Waals surface area contributed by atoms with Gasteiger partial charge < -0.3 is 14.5 Å². The predicted octanol–water partition coefficient (Wildman–Crippen LogP) is 12.4. The lowest BCUT2D eigenvalue weighted by Gasteiger charge is -2.35. The molecule has 0 radical (unpaired) electrons. The molecular formula is C53H36N4. The number of rotatable bonds is 3. The Morgan fingerprint density at radius 2 is 1.30 bits per heavy atom. The molecule has 0 saturated carbocycles. The molecule has 3 atom stereocenters. The summed E-state index contributed by atoms with van der Waals surface area (Å²) in [5.74, 6) is 0.522. The molecule has 3 aromatic heterocycles. The molecule has 3 aliphatic carbocycles. The van der Waals surface area contributed by atoms with Crippen LogP contribution >= 0.6 is 0 Å². The second-order valence-corrected chi connectivity index (χ2v) is 15.8. The van der Waals surface area contributed by atoms with E-state index in [2.05, 4.69) is 196 Å². The van der Waals surface area contributed by atoms with E-state index in [1.807, 2.05) is 6.20 Å². The van der Waals surface area contributed by atoms with Crippen molar-refractivity contribution in [2.45, 2.75) is 11.3 Å². The summed E-state index contributed by atoms with van der Waals surface area (Å²) in [6.07, 6.45) is 15.7. The predicted molar refractivity (Wildman–Crippen MR) is 235 cm³/mol. The molecule has 4 nitrogen and oxygen atoms in total. The first-order chi connectivity index (χ1) is 28.3. The van der Waals surface area contributed by atoms with E-state index in [0.717, 1.165) is 17.9 Å². The number of hydrogen-bond acceptors (Lipinski definition) is 2. The van der Waals surface area contributed by atoms with Gasteiger partial charge in [-0.3, -0.25) is 4.98 Å². The molecule has 0 bridgehead atoms. The van der Waals surface area contributed by atoms with Gasteiger partial charge in [0, 0.05) is 57.7 Å². The molecule has 0 amide bonds. The van der Waals surface area contributed by atoms with E-state index in [1.165, 1.54) is 88.7 Å². The Morgan fingerprint density at radius 1 is 0.596 bits per heavy atom. The van der Waals surface area contributed by atoms with Crippen LogP contribution in [0.3, 0.4) is 0 Å². The van der Waals surface area contributed by atoms with Crippen LogP contribution in [0.2, 0.25) is 0 Å². The number of hydrogen-bond donors (Lipinski definition) is 1. The maximum Gasteiger partial charge on any atom is 0.0711 e. The number of aromatic nitrogens is 3. The molecule has 1 spiro atoms. The first kappa shape index (κ1) is 31.1. The van der Waals surface area contributed by atoms with E-state index in [4.69, 9.17) is 4.98 Å². The van der Waals surface area contributed by atoms with Gasteiger partial charge >= 0.3 is 0 Å². The number of nitrogens with one attached hydrogen (secondary N) is 1. The van der Waals surface area contributed by atoms with Gasteiger partial charge in [0.25, 0.3) is 0 Å². The van der Waals surface area contributed by atoms with E-state index in [9.17, 15) is 0 Å². The van der Waals surface area contributed by atoms with Crippen molar-refractivity contribution in [3.8, 4) is 33.6 Å². The molecule has 4 aliphatic rings. The maximum absolute atomic E-state index is 5.23. The van der Waals surface area contributed by atoms with Crippen molar-refractivity contribution in [2.75, 3.05) is 11.9 Å². The van der Waals surface area contributed by atoms with Gasteiger partial charge in [-0.25, -0.2) is 0 Å². The molecular weight excluding hydrogens is 693 g/mol. The summed E-state index contributed by atoms with van der Waals surface area (Å²) in [6.45, 7) is 0.851. The highest BCUT2D eigenvalue weighted by atomic mass is 15.0. The number of nitrogens with zero attached hydrogens (tertiary/aromatic N) is 3. The van der Waals surface area contributed by atoms with Crippen LogP contribution in [0.5, 0.6) is 0 Å². The molecule has 9 aromatic rings. The first-order valence-corrected chi connectivity index (χ1v) is 20.0. The topological polar surface area (TPSA) is 34.8 Å². The van der Waals surface area contributed by atoms with Crippen LogP contribution in [0.25, 0.3) is 72.4 Å². The zero-order valence-electron chi connectivity index (χ0n) is 31.1. The summed E-state index contributed by atoms with van der Waals surface area (Å²) < 4.78 is 4.88. The monoisotopic (exact) mass is 728 g/mol. The average molecular weight is 729 g/mol. The van der Waals surface area contributed by atoms with Gasteiger partial charge in [0.2, 0.25) is 0 Å². The van der Waals surface area contributed by atoms with Crippen LogP contribution in [-0.2, 0) is 5.41 Å². The van der Waals surface area contributed by atoms with Crippen molar-refractivity contribution >= 4 is 44.5 Å². The summed E-state index contributed by atoms with van der Waals surface area (Å²) in [7, 11) is 0. The van der Waals surface area contributed by atoms with Crippen molar-refractivity contribution in [3.05, 3.63) is 210 Å². The van der Waals surface area contributed by atoms with Gasteiger partial charge in [0.15, 0.2) is 0 Å². The summed E-state index contributed by atoms with van der Waals surface area (Å²) in [6, 6.07) is 54.1. The van der Waals surface area contributed by atoms with Gasteiger partial charge in [0.1, 0.15) is 0 Å². The highest BCUT2D eigenvalue weighted by Gasteiger charge is 2.58. The van der Waals surface area contributed by atoms with Gasteiger partial charge in [-0.2, -0.15) is 0 Å². The zero-order valence-corrected chi connectivity index (χ0v) is 31.1. The van der Waals surface area contributed by atoms with E-state index < -0.39 is 0 Å². The SMILES string of the molecule is C1=CC2c3cccnc3C3(c4ccccc4-c4c3ccc3c5ccccc5n(-c5ccc(-c6ccc(-n7c8c(c9ccccc97)NCC=C8)cc6)cc5)c43)C2C=C1. The Bertz CT molecular complexity index is 3240. The largest absolute Gasteiger partial charge is 0.379 e. The molecule has 13 rings (SSSR count). The van der Waals surface area contributed by atoms with Gasteiger partial charge in [0.05, 0.1) is 39.0 Å². The molecule has 0 saturated heterocycles. The van der Waals surface area contributed by atoms with Crippen molar-refractivity contribution < 1.29 is 0 Å². The van der Waals surface area contributed by atoms with E-state index in [0.29, 0.717) is 0 Å². The van der Waals surface area contributed by atoms with Crippen LogP contribution in [0.1, 0.15) is 34.0 Å². The van der Waals surface area contributed by atoms with Crippen LogP contribution in [-0.4, -0.2) is 20.7 Å². The Morgan fingerprint density at radius 3 is 2.12 bits per heavy atom. The second-order valence-electron chi connectivity index (χ2n) is 15.8. The van der Waals surface area contributed by atoms with Gasteiger partial charge in [-0.15, -0.1) is 0 Å². The lowest BCUT2D eigenvalue weighted by molar-refractivity contribution is 0.459. The van der Waals surface area contributed by atoms with E-state index in [-0.39, 0.29) is 17.3 Å². The highest BCUT2D eigenvalue weighted by molar-refractivity contribution is 6.16. The van der Waals surface area contributed by atoms with E-state index >= 15 is 0 Å². The molecule has 0 fully saturated rings. The summed E-state index contributed by atoms with van der Waals surface area (Å²) >= 11 is 0. The summed E-state index contributed by atoms with van der Waals surface area (Å²) in [4.78, 5) is 5.23. The Balaban J connectivity index is 0.975. The average Bonchev–Trinajstić information content (AvgIpc) is 3.99. The number of anilines is 1. The van der Waals surface area contributed by atoms with Crippen molar-refractivity contribution in [1.82, 2.24) is 14.1 Å². The van der Waals surface area contributed by atoms with Crippen molar-refractivity contribution in [2.24, 2.45) is 5.92 Å². The summed E-state index contributed by atoms with van der Waals surface area (Å²) in [5.41, 5.74) is 18.3. The molecule has 268 valence electrons. The number of pyridine rings is 1. The number of para-hydroxylation sites is 2. The second kappa shape index (κ2) is 11.4. The minimum Gasteiger partial charge on any atom is -0.379 e. The molecule has 6 aromatic carbocycles.